The highest BCUT2D eigenvalue weighted by Crippen LogP contribution is 2.30. The Morgan fingerprint density at radius 3 is 2.78 bits per heavy atom. The van der Waals surface area contributed by atoms with Crippen LogP contribution < -0.4 is 4.74 Å². The lowest BCUT2D eigenvalue weighted by Crippen LogP contribution is -2.46. The Kier molecular flexibility index (Phi) is 3.90. The maximum Gasteiger partial charge on any atom is 0.123 e. The predicted octanol–water partition coefficient (Wildman–Crippen LogP) is 3.24. The Bertz CT molecular complexity index is 380. The van der Waals surface area contributed by atoms with Gasteiger partial charge in [0.1, 0.15) is 11.9 Å². The van der Waals surface area contributed by atoms with Gasteiger partial charge in [0.25, 0.3) is 0 Å². The van der Waals surface area contributed by atoms with E-state index < -0.39 is 0 Å². The Morgan fingerprint density at radius 1 is 1.28 bits per heavy atom. The van der Waals surface area contributed by atoms with Crippen LogP contribution in [0.15, 0.2) is 24.3 Å². The van der Waals surface area contributed by atoms with Crippen molar-refractivity contribution < 1.29 is 4.74 Å². The van der Waals surface area contributed by atoms with E-state index in [0.29, 0.717) is 6.10 Å². The van der Waals surface area contributed by atoms with Gasteiger partial charge in [-0.05, 0) is 24.5 Å². The third kappa shape index (κ3) is 2.57. The summed E-state index contributed by atoms with van der Waals surface area (Å²) in [6.45, 7) is 2.21. The van der Waals surface area contributed by atoms with Crippen molar-refractivity contribution in [1.82, 2.24) is 4.90 Å². The molecule has 2 nitrogen and oxygen atoms in total. The largest absolute Gasteiger partial charge is 0.488 e. The van der Waals surface area contributed by atoms with Gasteiger partial charge in [-0.15, -0.1) is 0 Å². The molecule has 0 bridgehead atoms. The number of rotatable bonds is 5. The first kappa shape index (κ1) is 12.5. The van der Waals surface area contributed by atoms with E-state index in [2.05, 4.69) is 45.1 Å². The Balaban J connectivity index is 1.60. The molecule has 2 aliphatic rings. The van der Waals surface area contributed by atoms with Gasteiger partial charge in [0.2, 0.25) is 0 Å². The molecule has 1 aromatic carbocycles. The van der Waals surface area contributed by atoms with Crippen LogP contribution in [0.4, 0.5) is 0 Å². The normalized spacial score (nSPS) is 22.7. The fourth-order valence-electron chi connectivity index (χ4n) is 2.90. The van der Waals surface area contributed by atoms with E-state index >= 15 is 0 Å². The molecule has 1 atom stereocenters. The minimum absolute atomic E-state index is 0.349. The second kappa shape index (κ2) is 5.62. The summed E-state index contributed by atoms with van der Waals surface area (Å²) in [5, 5.41) is 1.06. The molecule has 0 saturated heterocycles. The van der Waals surface area contributed by atoms with Crippen LogP contribution in [0.3, 0.4) is 0 Å². The number of hydrogen-bond donors (Lipinski definition) is 0. The van der Waals surface area contributed by atoms with Crippen LogP contribution in [0.1, 0.15) is 24.8 Å². The van der Waals surface area contributed by atoms with Crippen molar-refractivity contribution >= 4 is 15.9 Å². The number of nitrogens with zero attached hydrogens (tertiary/aromatic N) is 1. The standard InChI is InChI=1S/C15H20BrNO/c16-8-9-17(13-5-3-6-13)11-14-10-12-4-1-2-7-15(12)18-14/h1-2,4,7,13-14H,3,5-6,8-11H2. The van der Waals surface area contributed by atoms with E-state index in [4.69, 9.17) is 4.74 Å². The van der Waals surface area contributed by atoms with Crippen molar-refractivity contribution in [1.29, 1.82) is 0 Å². The van der Waals surface area contributed by atoms with Gasteiger partial charge in [0.05, 0.1) is 0 Å². The fraction of sp³-hybridized carbons (Fsp3) is 0.600. The van der Waals surface area contributed by atoms with Gasteiger partial charge >= 0.3 is 0 Å². The number of benzene rings is 1. The molecule has 0 aromatic heterocycles. The number of hydrogen-bond acceptors (Lipinski definition) is 2. The molecule has 1 fully saturated rings. The monoisotopic (exact) mass is 309 g/mol. The van der Waals surface area contributed by atoms with Gasteiger partial charge in [-0.2, -0.15) is 0 Å². The highest BCUT2D eigenvalue weighted by Gasteiger charge is 2.30. The molecule has 1 aromatic rings. The Hall–Kier alpha value is -0.540. The van der Waals surface area contributed by atoms with Crippen molar-refractivity contribution in [2.45, 2.75) is 37.8 Å². The van der Waals surface area contributed by atoms with Crippen LogP contribution in [-0.4, -0.2) is 35.5 Å². The average Bonchev–Trinajstić information content (AvgIpc) is 2.69. The van der Waals surface area contributed by atoms with E-state index in [1.807, 2.05) is 0 Å². The van der Waals surface area contributed by atoms with Crippen molar-refractivity contribution in [2.24, 2.45) is 0 Å². The van der Waals surface area contributed by atoms with Gasteiger partial charge in [-0.3, -0.25) is 4.90 Å². The van der Waals surface area contributed by atoms with Gasteiger partial charge in [0.15, 0.2) is 0 Å². The van der Waals surface area contributed by atoms with Crippen LogP contribution >= 0.6 is 15.9 Å². The maximum atomic E-state index is 6.05. The smallest absolute Gasteiger partial charge is 0.123 e. The zero-order chi connectivity index (χ0) is 12.4. The quantitative estimate of drug-likeness (QED) is 0.774. The first-order valence-electron chi connectivity index (χ1n) is 6.91. The summed E-state index contributed by atoms with van der Waals surface area (Å²) in [7, 11) is 0. The first-order chi connectivity index (χ1) is 8.86. The first-order valence-corrected chi connectivity index (χ1v) is 8.03. The molecule has 0 spiro atoms. The number of fused-ring (bicyclic) bond motifs is 1. The van der Waals surface area contributed by atoms with Crippen LogP contribution in [-0.2, 0) is 6.42 Å². The van der Waals surface area contributed by atoms with Gasteiger partial charge in [-0.25, -0.2) is 0 Å². The van der Waals surface area contributed by atoms with E-state index in [-0.39, 0.29) is 0 Å². The van der Waals surface area contributed by atoms with E-state index in [0.717, 1.165) is 36.6 Å². The third-order valence-corrected chi connectivity index (χ3v) is 4.47. The van der Waals surface area contributed by atoms with Crippen molar-refractivity contribution in [3.8, 4) is 5.75 Å². The summed E-state index contributed by atoms with van der Waals surface area (Å²) in [6, 6.07) is 9.24. The maximum absolute atomic E-state index is 6.05. The van der Waals surface area contributed by atoms with Gasteiger partial charge < -0.3 is 4.74 Å². The van der Waals surface area contributed by atoms with E-state index in [1.54, 1.807) is 0 Å². The molecule has 0 amide bonds. The number of ether oxygens (including phenoxy) is 1. The van der Waals surface area contributed by atoms with Crippen LogP contribution in [0.25, 0.3) is 0 Å². The van der Waals surface area contributed by atoms with E-state index in [9.17, 15) is 0 Å². The van der Waals surface area contributed by atoms with Crippen LogP contribution in [0.5, 0.6) is 5.75 Å². The number of alkyl halides is 1. The molecular formula is C15H20BrNO. The molecule has 0 radical (unpaired) electrons. The second-order valence-electron chi connectivity index (χ2n) is 5.32. The van der Waals surface area contributed by atoms with Gasteiger partial charge in [-0.1, -0.05) is 40.5 Å². The molecule has 1 saturated carbocycles. The van der Waals surface area contributed by atoms with Crippen molar-refractivity contribution in [2.75, 3.05) is 18.4 Å². The highest BCUT2D eigenvalue weighted by atomic mass is 79.9. The second-order valence-corrected chi connectivity index (χ2v) is 6.11. The molecule has 1 heterocycles. The van der Waals surface area contributed by atoms with Crippen molar-refractivity contribution in [3.63, 3.8) is 0 Å². The molecule has 1 aliphatic carbocycles. The number of para-hydroxylation sites is 1. The summed E-state index contributed by atoms with van der Waals surface area (Å²) in [6.07, 6.45) is 5.55. The zero-order valence-corrected chi connectivity index (χ0v) is 12.2. The summed E-state index contributed by atoms with van der Waals surface area (Å²) in [5.41, 5.74) is 1.37. The highest BCUT2D eigenvalue weighted by molar-refractivity contribution is 9.09. The third-order valence-electron chi connectivity index (χ3n) is 4.11. The summed E-state index contributed by atoms with van der Waals surface area (Å²) >= 11 is 3.57. The molecule has 1 aliphatic heterocycles. The molecule has 18 heavy (non-hydrogen) atoms. The predicted molar refractivity (Wildman–Crippen MR) is 77.6 cm³/mol. The fourth-order valence-corrected chi connectivity index (χ4v) is 3.36. The Morgan fingerprint density at radius 2 is 2.11 bits per heavy atom. The summed E-state index contributed by atoms with van der Waals surface area (Å²) in [4.78, 5) is 2.61. The van der Waals surface area contributed by atoms with Gasteiger partial charge in [0, 0.05) is 30.9 Å². The van der Waals surface area contributed by atoms with Crippen LogP contribution in [0.2, 0.25) is 0 Å². The topological polar surface area (TPSA) is 12.5 Å². The Labute approximate surface area is 117 Å². The molecule has 98 valence electrons. The lowest BCUT2D eigenvalue weighted by atomic mass is 9.91. The van der Waals surface area contributed by atoms with Crippen molar-refractivity contribution in [3.05, 3.63) is 29.8 Å². The average molecular weight is 310 g/mol. The molecule has 0 N–H and O–H groups in total. The summed E-state index contributed by atoms with van der Waals surface area (Å²) in [5.74, 6) is 1.09. The van der Waals surface area contributed by atoms with E-state index in [1.165, 1.54) is 24.8 Å². The van der Waals surface area contributed by atoms with Crippen LogP contribution in [0, 0.1) is 0 Å². The minimum Gasteiger partial charge on any atom is -0.488 e. The minimum atomic E-state index is 0.349. The molecule has 1 unspecified atom stereocenters. The molecule has 3 rings (SSSR count). The lowest BCUT2D eigenvalue weighted by Gasteiger charge is -2.38. The zero-order valence-electron chi connectivity index (χ0n) is 10.6. The lowest BCUT2D eigenvalue weighted by molar-refractivity contribution is 0.0845. The molecular weight excluding hydrogens is 290 g/mol. The SMILES string of the molecule is BrCCN(CC1Cc2ccccc2O1)C1CCC1. The number of halogens is 1. The summed E-state index contributed by atoms with van der Waals surface area (Å²) < 4.78 is 6.05. The molecule has 3 heteroatoms.